The Hall–Kier alpha value is -2.75. The molecule has 0 aliphatic heterocycles. The summed E-state index contributed by atoms with van der Waals surface area (Å²) in [6.07, 6.45) is 2.87. The second kappa shape index (κ2) is 6.28. The number of ether oxygens (including phenoxy) is 1. The Kier molecular flexibility index (Phi) is 3.96. The van der Waals surface area contributed by atoms with Crippen LogP contribution in [0.15, 0.2) is 48.5 Å². The first kappa shape index (κ1) is 15.8. The molecular weight excluding hydrogens is 312 g/mol. The van der Waals surface area contributed by atoms with Gasteiger partial charge in [-0.1, -0.05) is 18.2 Å². The lowest BCUT2D eigenvalue weighted by atomic mass is 9.90. The first-order valence-corrected chi connectivity index (χ1v) is 8.67. The van der Waals surface area contributed by atoms with Gasteiger partial charge in [0.2, 0.25) is 0 Å². The highest BCUT2D eigenvalue weighted by Gasteiger charge is 2.28. The molecule has 1 heterocycles. The summed E-state index contributed by atoms with van der Waals surface area (Å²) < 4.78 is 5.17. The van der Waals surface area contributed by atoms with Crippen molar-refractivity contribution in [2.75, 3.05) is 14.2 Å². The molecule has 128 valence electrons. The summed E-state index contributed by atoms with van der Waals surface area (Å²) in [6.45, 7) is 0. The van der Waals surface area contributed by atoms with E-state index in [2.05, 4.69) is 29.2 Å². The second-order valence-electron chi connectivity index (χ2n) is 6.67. The Balaban J connectivity index is 1.56. The molecule has 1 aliphatic carbocycles. The standard InChI is InChI=1S/C21H22N2O2/c1-23(21(24)14-7-10-16(25-2)11-8-14)15-9-12-20-18(13-15)17-5-3-4-6-19(17)22-20/h3-8,10-11,15,22H,9,12-13H2,1-2H3. The number of carbonyl (C=O) groups excluding carboxylic acids is 1. The fourth-order valence-electron chi connectivity index (χ4n) is 3.78. The number of benzene rings is 2. The van der Waals surface area contributed by atoms with Gasteiger partial charge in [-0.05, 0) is 55.2 Å². The Morgan fingerprint density at radius 2 is 1.92 bits per heavy atom. The number of amides is 1. The van der Waals surface area contributed by atoms with Crippen LogP contribution >= 0.6 is 0 Å². The Bertz CT molecular complexity index is 911. The van der Waals surface area contributed by atoms with Crippen LogP contribution in [0.5, 0.6) is 5.75 Å². The fraction of sp³-hybridized carbons (Fsp3) is 0.286. The molecule has 3 aromatic rings. The number of methoxy groups -OCH3 is 1. The third kappa shape index (κ3) is 2.78. The van der Waals surface area contributed by atoms with Crippen LogP contribution in [0.1, 0.15) is 28.0 Å². The van der Waals surface area contributed by atoms with Crippen LogP contribution in [0.25, 0.3) is 10.9 Å². The maximum Gasteiger partial charge on any atom is 0.253 e. The number of hydrogen-bond donors (Lipinski definition) is 1. The quantitative estimate of drug-likeness (QED) is 0.792. The topological polar surface area (TPSA) is 45.3 Å². The van der Waals surface area contributed by atoms with Crippen molar-refractivity contribution in [2.24, 2.45) is 0 Å². The Labute approximate surface area is 147 Å². The summed E-state index contributed by atoms with van der Waals surface area (Å²) in [4.78, 5) is 18.3. The van der Waals surface area contributed by atoms with Crippen molar-refractivity contribution < 1.29 is 9.53 Å². The van der Waals surface area contributed by atoms with E-state index in [1.54, 1.807) is 7.11 Å². The molecule has 0 fully saturated rings. The zero-order valence-corrected chi connectivity index (χ0v) is 14.6. The van der Waals surface area contributed by atoms with E-state index in [4.69, 9.17) is 4.74 Å². The summed E-state index contributed by atoms with van der Waals surface area (Å²) >= 11 is 0. The lowest BCUT2D eigenvalue weighted by Crippen LogP contribution is -2.40. The van der Waals surface area contributed by atoms with Gasteiger partial charge in [-0.3, -0.25) is 4.79 Å². The van der Waals surface area contributed by atoms with Crippen LogP contribution in [-0.4, -0.2) is 36.0 Å². The van der Waals surface area contributed by atoms with Crippen molar-refractivity contribution in [1.82, 2.24) is 9.88 Å². The molecule has 2 aromatic carbocycles. The number of aromatic nitrogens is 1. The third-order valence-electron chi connectivity index (χ3n) is 5.27. The van der Waals surface area contributed by atoms with E-state index >= 15 is 0 Å². The molecule has 4 heteroatoms. The fourth-order valence-corrected chi connectivity index (χ4v) is 3.78. The molecule has 4 nitrogen and oxygen atoms in total. The van der Waals surface area contributed by atoms with Gasteiger partial charge in [-0.25, -0.2) is 0 Å². The molecular formula is C21H22N2O2. The molecule has 4 rings (SSSR count). The number of aryl methyl sites for hydroxylation is 1. The maximum atomic E-state index is 12.8. The van der Waals surface area contributed by atoms with Crippen molar-refractivity contribution >= 4 is 16.8 Å². The van der Waals surface area contributed by atoms with Crippen LogP contribution in [0.4, 0.5) is 0 Å². The van der Waals surface area contributed by atoms with E-state index in [0.29, 0.717) is 5.56 Å². The largest absolute Gasteiger partial charge is 0.497 e. The van der Waals surface area contributed by atoms with E-state index in [1.807, 2.05) is 36.2 Å². The number of carbonyl (C=O) groups is 1. The Morgan fingerprint density at radius 3 is 2.68 bits per heavy atom. The highest BCUT2D eigenvalue weighted by molar-refractivity contribution is 5.94. The summed E-state index contributed by atoms with van der Waals surface area (Å²) in [5.74, 6) is 0.830. The lowest BCUT2D eigenvalue weighted by Gasteiger charge is -2.31. The van der Waals surface area contributed by atoms with E-state index < -0.39 is 0 Å². The predicted molar refractivity (Wildman–Crippen MR) is 99.2 cm³/mol. The van der Waals surface area contributed by atoms with Crippen molar-refractivity contribution in [3.05, 3.63) is 65.4 Å². The second-order valence-corrected chi connectivity index (χ2v) is 6.67. The maximum absolute atomic E-state index is 12.8. The highest BCUT2D eigenvalue weighted by atomic mass is 16.5. The van der Waals surface area contributed by atoms with E-state index in [1.165, 1.54) is 22.2 Å². The predicted octanol–water partition coefficient (Wildman–Crippen LogP) is 3.81. The summed E-state index contributed by atoms with van der Waals surface area (Å²) in [5.41, 5.74) is 4.58. The molecule has 25 heavy (non-hydrogen) atoms. The van der Waals surface area contributed by atoms with Crippen LogP contribution in [0.2, 0.25) is 0 Å². The first-order valence-electron chi connectivity index (χ1n) is 8.67. The molecule has 1 amide bonds. The average Bonchev–Trinajstić information content (AvgIpc) is 3.04. The van der Waals surface area contributed by atoms with Gasteiger partial charge in [0.1, 0.15) is 5.75 Å². The smallest absolute Gasteiger partial charge is 0.253 e. The SMILES string of the molecule is COc1ccc(C(=O)N(C)C2CCc3[nH]c4ccccc4c3C2)cc1. The molecule has 0 radical (unpaired) electrons. The molecule has 0 saturated heterocycles. The van der Waals surface area contributed by atoms with Gasteiger partial charge >= 0.3 is 0 Å². The molecule has 1 unspecified atom stereocenters. The molecule has 1 aliphatic rings. The Morgan fingerprint density at radius 1 is 1.16 bits per heavy atom. The van der Waals surface area contributed by atoms with Gasteiger partial charge in [-0.15, -0.1) is 0 Å². The molecule has 0 spiro atoms. The number of nitrogens with one attached hydrogen (secondary N) is 1. The van der Waals surface area contributed by atoms with E-state index in [0.717, 1.165) is 25.0 Å². The number of H-pyrrole nitrogens is 1. The minimum atomic E-state index is 0.0657. The zero-order chi connectivity index (χ0) is 17.4. The molecule has 1 N–H and O–H groups in total. The number of rotatable bonds is 3. The number of likely N-dealkylation sites (N-methyl/N-ethyl adjacent to an activating group) is 1. The normalized spacial score (nSPS) is 16.5. The minimum absolute atomic E-state index is 0.0657. The van der Waals surface area contributed by atoms with Crippen LogP contribution in [0.3, 0.4) is 0 Å². The van der Waals surface area contributed by atoms with Crippen LogP contribution < -0.4 is 4.74 Å². The van der Waals surface area contributed by atoms with Gasteiger partial charge < -0.3 is 14.6 Å². The van der Waals surface area contributed by atoms with Crippen LogP contribution in [-0.2, 0) is 12.8 Å². The molecule has 1 atom stereocenters. The van der Waals surface area contributed by atoms with Gasteiger partial charge in [0.25, 0.3) is 5.91 Å². The van der Waals surface area contributed by atoms with Crippen molar-refractivity contribution in [2.45, 2.75) is 25.3 Å². The van der Waals surface area contributed by atoms with Gasteiger partial charge in [-0.2, -0.15) is 0 Å². The number of hydrogen-bond acceptors (Lipinski definition) is 2. The minimum Gasteiger partial charge on any atom is -0.497 e. The summed E-state index contributed by atoms with van der Waals surface area (Å²) in [7, 11) is 3.54. The number of aromatic amines is 1. The average molecular weight is 334 g/mol. The zero-order valence-electron chi connectivity index (χ0n) is 14.6. The molecule has 1 aromatic heterocycles. The van der Waals surface area contributed by atoms with E-state index in [9.17, 15) is 4.79 Å². The first-order chi connectivity index (χ1) is 12.2. The van der Waals surface area contributed by atoms with Crippen molar-refractivity contribution in [3.8, 4) is 5.75 Å². The van der Waals surface area contributed by atoms with Gasteiger partial charge in [0.05, 0.1) is 7.11 Å². The van der Waals surface area contributed by atoms with Crippen molar-refractivity contribution in [3.63, 3.8) is 0 Å². The lowest BCUT2D eigenvalue weighted by molar-refractivity contribution is 0.0719. The molecule has 0 bridgehead atoms. The van der Waals surface area contributed by atoms with Crippen LogP contribution in [0, 0.1) is 0 Å². The van der Waals surface area contributed by atoms with Gasteiger partial charge in [0, 0.05) is 35.2 Å². The number of fused-ring (bicyclic) bond motifs is 3. The third-order valence-corrected chi connectivity index (χ3v) is 5.27. The van der Waals surface area contributed by atoms with E-state index in [-0.39, 0.29) is 11.9 Å². The number of para-hydroxylation sites is 1. The number of nitrogens with zero attached hydrogens (tertiary/aromatic N) is 1. The summed E-state index contributed by atoms with van der Waals surface area (Å²) in [6, 6.07) is 16.0. The van der Waals surface area contributed by atoms with Gasteiger partial charge in [0.15, 0.2) is 0 Å². The van der Waals surface area contributed by atoms with Crippen molar-refractivity contribution in [1.29, 1.82) is 0 Å². The molecule has 0 saturated carbocycles. The monoisotopic (exact) mass is 334 g/mol. The highest BCUT2D eigenvalue weighted by Crippen LogP contribution is 2.31. The summed E-state index contributed by atoms with van der Waals surface area (Å²) in [5, 5.41) is 1.28.